The van der Waals surface area contributed by atoms with Gasteiger partial charge in [0, 0.05) is 17.5 Å². The van der Waals surface area contributed by atoms with Gasteiger partial charge in [-0.05, 0) is 75.5 Å². The number of nitrogens with zero attached hydrogens (tertiary/aromatic N) is 1. The summed E-state index contributed by atoms with van der Waals surface area (Å²) in [6.45, 7) is 1.96. The van der Waals surface area contributed by atoms with E-state index in [4.69, 9.17) is 0 Å². The third-order valence-corrected chi connectivity index (χ3v) is 5.98. The van der Waals surface area contributed by atoms with Crippen LogP contribution in [0.2, 0.25) is 0 Å². The van der Waals surface area contributed by atoms with Crippen LogP contribution in [0.5, 0.6) is 0 Å². The largest absolute Gasteiger partial charge is 0.339 e. The van der Waals surface area contributed by atoms with Crippen molar-refractivity contribution in [2.45, 2.75) is 56.9 Å². The Morgan fingerprint density at radius 3 is 3.14 bits per heavy atom. The molecule has 2 heterocycles. The van der Waals surface area contributed by atoms with Crippen molar-refractivity contribution >= 4 is 17.2 Å². The summed E-state index contributed by atoms with van der Waals surface area (Å²) in [6.07, 6.45) is 8.08. The van der Waals surface area contributed by atoms with Crippen molar-refractivity contribution in [3.8, 4) is 0 Å². The van der Waals surface area contributed by atoms with Crippen molar-refractivity contribution in [2.24, 2.45) is 0 Å². The summed E-state index contributed by atoms with van der Waals surface area (Å²) in [7, 11) is 1.99. The zero-order valence-electron chi connectivity index (χ0n) is 12.9. The van der Waals surface area contributed by atoms with Crippen molar-refractivity contribution in [2.75, 3.05) is 20.1 Å². The number of rotatable bonds is 4. The first-order valence-corrected chi connectivity index (χ1v) is 9.20. The Balaban J connectivity index is 1.74. The molecule has 2 atom stereocenters. The number of likely N-dealkylation sites (tertiary alicyclic amines) is 1. The van der Waals surface area contributed by atoms with Crippen molar-refractivity contribution in [1.82, 2.24) is 10.2 Å². The first-order chi connectivity index (χ1) is 10.3. The third-order valence-electron chi connectivity index (χ3n) is 4.99. The minimum Gasteiger partial charge on any atom is -0.339 e. The number of fused-ring (bicyclic) bond motifs is 1. The minimum atomic E-state index is 0.134. The van der Waals surface area contributed by atoms with Gasteiger partial charge in [-0.2, -0.15) is 0 Å². The van der Waals surface area contributed by atoms with Crippen LogP contribution in [0.15, 0.2) is 11.4 Å². The molecule has 0 aromatic carbocycles. The van der Waals surface area contributed by atoms with E-state index in [1.165, 1.54) is 42.5 Å². The molecule has 21 heavy (non-hydrogen) atoms. The van der Waals surface area contributed by atoms with E-state index < -0.39 is 0 Å². The molecule has 3 rings (SSSR count). The number of carbonyl (C=O) groups is 1. The molecule has 0 saturated carbocycles. The zero-order chi connectivity index (χ0) is 14.7. The van der Waals surface area contributed by atoms with Gasteiger partial charge in [-0.1, -0.05) is 0 Å². The Kier molecular flexibility index (Phi) is 4.96. The highest BCUT2D eigenvalue weighted by molar-refractivity contribution is 7.10. The van der Waals surface area contributed by atoms with Crippen LogP contribution < -0.4 is 5.32 Å². The Labute approximate surface area is 131 Å². The number of amides is 1. The molecule has 116 valence electrons. The van der Waals surface area contributed by atoms with Crippen molar-refractivity contribution in [1.29, 1.82) is 0 Å². The quantitative estimate of drug-likeness (QED) is 0.927. The second-order valence-electron chi connectivity index (χ2n) is 6.32. The van der Waals surface area contributed by atoms with Crippen molar-refractivity contribution < 1.29 is 4.79 Å². The number of carbonyl (C=O) groups excluding carboxylic acids is 1. The number of piperidine rings is 1. The monoisotopic (exact) mass is 306 g/mol. The van der Waals surface area contributed by atoms with E-state index in [0.717, 1.165) is 25.9 Å². The lowest BCUT2D eigenvalue weighted by molar-refractivity contribution is -0.137. The molecular weight excluding hydrogens is 280 g/mol. The van der Waals surface area contributed by atoms with Crippen LogP contribution in [0.3, 0.4) is 0 Å². The zero-order valence-corrected chi connectivity index (χ0v) is 13.8. The van der Waals surface area contributed by atoms with Gasteiger partial charge in [0.05, 0.1) is 5.92 Å². The average Bonchev–Trinajstić information content (AvgIpc) is 3.01. The Morgan fingerprint density at radius 1 is 1.38 bits per heavy atom. The average molecular weight is 306 g/mol. The summed E-state index contributed by atoms with van der Waals surface area (Å²) in [5.74, 6) is 0.533. The van der Waals surface area contributed by atoms with E-state index in [9.17, 15) is 4.79 Å². The Morgan fingerprint density at radius 2 is 2.29 bits per heavy atom. The predicted molar refractivity (Wildman–Crippen MR) is 87.9 cm³/mol. The molecule has 1 aliphatic carbocycles. The lowest BCUT2D eigenvalue weighted by Gasteiger charge is -2.39. The fraction of sp³-hybridized carbons (Fsp3) is 0.706. The van der Waals surface area contributed by atoms with E-state index in [-0.39, 0.29) is 5.92 Å². The van der Waals surface area contributed by atoms with Crippen molar-refractivity contribution in [3.63, 3.8) is 0 Å². The summed E-state index contributed by atoms with van der Waals surface area (Å²) >= 11 is 1.83. The van der Waals surface area contributed by atoms with Gasteiger partial charge >= 0.3 is 0 Å². The van der Waals surface area contributed by atoms with Gasteiger partial charge in [0.1, 0.15) is 0 Å². The van der Waals surface area contributed by atoms with Crippen LogP contribution in [-0.2, 0) is 11.2 Å². The fourth-order valence-electron chi connectivity index (χ4n) is 3.84. The number of nitrogens with one attached hydrogen (secondary N) is 1. The number of aryl methyl sites for hydroxylation is 1. The van der Waals surface area contributed by atoms with E-state index in [1.54, 1.807) is 0 Å². The fourth-order valence-corrected chi connectivity index (χ4v) is 4.83. The molecule has 0 radical (unpaired) electrons. The lowest BCUT2D eigenvalue weighted by Crippen LogP contribution is -2.47. The maximum Gasteiger partial charge on any atom is 0.230 e. The molecule has 1 saturated heterocycles. The predicted octanol–water partition coefficient (Wildman–Crippen LogP) is 3.16. The minimum absolute atomic E-state index is 0.134. The highest BCUT2D eigenvalue weighted by Gasteiger charge is 2.34. The van der Waals surface area contributed by atoms with Crippen LogP contribution in [0, 0.1) is 0 Å². The Bertz CT molecular complexity index is 485. The standard InChI is InChI=1S/C17H26N2OS/c1-18-10-8-13-5-2-3-11-19(13)17(20)15-6-4-7-16-14(15)9-12-21-16/h9,12-13,15,18H,2-8,10-11H2,1H3. The second-order valence-corrected chi connectivity index (χ2v) is 7.32. The molecular formula is C17H26N2OS. The molecule has 0 bridgehead atoms. The second kappa shape index (κ2) is 6.93. The van der Waals surface area contributed by atoms with Gasteiger partial charge in [-0.15, -0.1) is 11.3 Å². The summed E-state index contributed by atoms with van der Waals surface area (Å²) < 4.78 is 0. The van der Waals surface area contributed by atoms with Crippen LogP contribution >= 0.6 is 11.3 Å². The van der Waals surface area contributed by atoms with Crippen molar-refractivity contribution in [3.05, 3.63) is 21.9 Å². The number of hydrogen-bond acceptors (Lipinski definition) is 3. The molecule has 3 nitrogen and oxygen atoms in total. The molecule has 1 N–H and O–H groups in total. The maximum atomic E-state index is 13.1. The molecule has 1 aliphatic heterocycles. The number of thiophene rings is 1. The molecule has 1 aromatic heterocycles. The van der Waals surface area contributed by atoms with Crippen LogP contribution in [-0.4, -0.2) is 37.0 Å². The van der Waals surface area contributed by atoms with Gasteiger partial charge in [0.15, 0.2) is 0 Å². The summed E-state index contributed by atoms with van der Waals surface area (Å²) in [5, 5.41) is 5.39. The van der Waals surface area contributed by atoms with Gasteiger partial charge in [-0.25, -0.2) is 0 Å². The normalized spacial score (nSPS) is 25.7. The summed E-state index contributed by atoms with van der Waals surface area (Å²) in [6, 6.07) is 2.64. The first-order valence-electron chi connectivity index (χ1n) is 8.32. The SMILES string of the molecule is CNCCC1CCCCN1C(=O)C1CCCc2sccc21. The molecule has 1 fully saturated rings. The van der Waals surface area contributed by atoms with Crippen LogP contribution in [0.1, 0.15) is 54.9 Å². The van der Waals surface area contributed by atoms with Gasteiger partial charge in [0.25, 0.3) is 0 Å². The maximum absolute atomic E-state index is 13.1. The van der Waals surface area contributed by atoms with E-state index in [2.05, 4.69) is 21.7 Å². The molecule has 0 spiro atoms. The Hall–Kier alpha value is -0.870. The van der Waals surface area contributed by atoms with E-state index in [1.807, 2.05) is 18.4 Å². The highest BCUT2D eigenvalue weighted by atomic mass is 32.1. The lowest BCUT2D eigenvalue weighted by atomic mass is 9.85. The van der Waals surface area contributed by atoms with E-state index >= 15 is 0 Å². The molecule has 1 aromatic rings. The van der Waals surface area contributed by atoms with E-state index in [0.29, 0.717) is 11.9 Å². The summed E-state index contributed by atoms with van der Waals surface area (Å²) in [4.78, 5) is 16.8. The molecule has 1 amide bonds. The van der Waals surface area contributed by atoms with Gasteiger partial charge in [0.2, 0.25) is 5.91 Å². The number of hydrogen-bond donors (Lipinski definition) is 1. The van der Waals surface area contributed by atoms with Gasteiger partial charge < -0.3 is 10.2 Å². The molecule has 4 heteroatoms. The highest BCUT2D eigenvalue weighted by Crippen LogP contribution is 2.37. The van der Waals surface area contributed by atoms with Crippen LogP contribution in [0.4, 0.5) is 0 Å². The molecule has 2 unspecified atom stereocenters. The third kappa shape index (κ3) is 3.16. The summed E-state index contributed by atoms with van der Waals surface area (Å²) in [5.41, 5.74) is 1.33. The first kappa shape index (κ1) is 15.0. The topological polar surface area (TPSA) is 32.3 Å². The van der Waals surface area contributed by atoms with Gasteiger partial charge in [-0.3, -0.25) is 4.79 Å². The molecule has 2 aliphatic rings. The van der Waals surface area contributed by atoms with Crippen LogP contribution in [0.25, 0.3) is 0 Å². The smallest absolute Gasteiger partial charge is 0.230 e.